The van der Waals surface area contributed by atoms with Gasteiger partial charge in [0.2, 0.25) is 0 Å². The average Bonchev–Trinajstić information content (AvgIpc) is 2.15. The zero-order valence-corrected chi connectivity index (χ0v) is 9.43. The summed E-state index contributed by atoms with van der Waals surface area (Å²) in [5.74, 6) is -0.856. The van der Waals surface area contributed by atoms with E-state index in [-0.39, 0.29) is 17.4 Å². The fourth-order valence-electron chi connectivity index (χ4n) is 1.11. The molecule has 0 bridgehead atoms. The molecular formula is C8H5IN2O4. The van der Waals surface area contributed by atoms with Gasteiger partial charge in [-0.05, 0) is 28.7 Å². The zero-order valence-electron chi connectivity index (χ0n) is 7.27. The first-order valence-corrected chi connectivity index (χ1v) is 4.78. The van der Waals surface area contributed by atoms with Gasteiger partial charge in [0.15, 0.2) is 6.29 Å². The predicted molar refractivity (Wildman–Crippen MR) is 59.7 cm³/mol. The molecule has 0 aliphatic heterocycles. The molecule has 78 valence electrons. The second-order valence-electron chi connectivity index (χ2n) is 2.59. The Morgan fingerprint density at radius 2 is 2.13 bits per heavy atom. The van der Waals surface area contributed by atoms with Crippen LogP contribution in [0.25, 0.3) is 0 Å². The number of nitrogens with zero attached hydrogens (tertiary/aromatic N) is 1. The van der Waals surface area contributed by atoms with Gasteiger partial charge in [-0.15, -0.1) is 0 Å². The van der Waals surface area contributed by atoms with Crippen molar-refractivity contribution in [1.29, 1.82) is 0 Å². The van der Waals surface area contributed by atoms with Gasteiger partial charge in [0.1, 0.15) is 5.56 Å². The number of nitro benzene ring substituents is 1. The molecule has 0 saturated carbocycles. The maximum absolute atomic E-state index is 11.0. The van der Waals surface area contributed by atoms with Crippen molar-refractivity contribution in [3.05, 3.63) is 36.9 Å². The average molecular weight is 320 g/mol. The molecule has 15 heavy (non-hydrogen) atoms. The van der Waals surface area contributed by atoms with E-state index in [1.807, 2.05) is 0 Å². The number of rotatable bonds is 3. The molecular weight excluding hydrogens is 315 g/mol. The van der Waals surface area contributed by atoms with Crippen LogP contribution in [0.15, 0.2) is 12.1 Å². The first-order valence-electron chi connectivity index (χ1n) is 3.71. The number of benzene rings is 1. The molecule has 6 nitrogen and oxygen atoms in total. The van der Waals surface area contributed by atoms with Crippen molar-refractivity contribution in [3.8, 4) is 0 Å². The SMILES string of the molecule is NC(=O)c1c(I)ccc([N+](=O)[O-])c1C=O. The van der Waals surface area contributed by atoms with Crippen LogP contribution in [0.1, 0.15) is 20.7 Å². The Balaban J connectivity index is 3.61. The van der Waals surface area contributed by atoms with Gasteiger partial charge in [0, 0.05) is 9.64 Å². The Morgan fingerprint density at radius 3 is 2.53 bits per heavy atom. The number of carbonyl (C=O) groups is 2. The summed E-state index contributed by atoms with van der Waals surface area (Å²) >= 11 is 1.78. The number of aldehydes is 1. The number of hydrogen-bond acceptors (Lipinski definition) is 4. The second-order valence-corrected chi connectivity index (χ2v) is 3.76. The highest BCUT2D eigenvalue weighted by Crippen LogP contribution is 2.24. The number of halogens is 1. The summed E-state index contributed by atoms with van der Waals surface area (Å²) in [4.78, 5) is 31.5. The van der Waals surface area contributed by atoms with Crippen LogP contribution in [-0.2, 0) is 0 Å². The summed E-state index contributed by atoms with van der Waals surface area (Å²) < 4.78 is 0.410. The van der Waals surface area contributed by atoms with Gasteiger partial charge >= 0.3 is 0 Å². The number of nitro groups is 1. The van der Waals surface area contributed by atoms with Gasteiger partial charge < -0.3 is 5.73 Å². The van der Waals surface area contributed by atoms with Crippen LogP contribution < -0.4 is 5.73 Å². The number of hydrogen-bond donors (Lipinski definition) is 1. The number of nitrogens with two attached hydrogens (primary N) is 1. The van der Waals surface area contributed by atoms with E-state index in [4.69, 9.17) is 5.73 Å². The van der Waals surface area contributed by atoms with Gasteiger partial charge in [-0.2, -0.15) is 0 Å². The minimum atomic E-state index is -0.856. The summed E-state index contributed by atoms with van der Waals surface area (Å²) in [6.07, 6.45) is 0.264. The summed E-state index contributed by atoms with van der Waals surface area (Å²) in [5.41, 5.74) is 4.23. The number of carbonyl (C=O) groups excluding carboxylic acids is 2. The second kappa shape index (κ2) is 4.34. The van der Waals surface area contributed by atoms with Crippen molar-refractivity contribution in [2.45, 2.75) is 0 Å². The van der Waals surface area contributed by atoms with Crippen LogP contribution in [0.5, 0.6) is 0 Å². The fourth-order valence-corrected chi connectivity index (χ4v) is 1.85. The maximum Gasteiger partial charge on any atom is 0.280 e. The van der Waals surface area contributed by atoms with E-state index in [1.165, 1.54) is 6.07 Å². The van der Waals surface area contributed by atoms with Gasteiger partial charge in [0.25, 0.3) is 11.6 Å². The molecule has 0 aromatic heterocycles. The summed E-state index contributed by atoms with van der Waals surface area (Å²) in [6, 6.07) is 2.53. The van der Waals surface area contributed by atoms with Crippen molar-refractivity contribution in [3.63, 3.8) is 0 Å². The van der Waals surface area contributed by atoms with E-state index in [0.29, 0.717) is 3.57 Å². The monoisotopic (exact) mass is 320 g/mol. The molecule has 0 radical (unpaired) electrons. The smallest absolute Gasteiger partial charge is 0.280 e. The molecule has 0 spiro atoms. The Hall–Kier alpha value is -1.51. The molecule has 0 heterocycles. The third-order valence-corrected chi connectivity index (χ3v) is 2.63. The molecule has 0 aliphatic rings. The van der Waals surface area contributed by atoms with E-state index in [1.54, 1.807) is 22.6 Å². The molecule has 0 atom stereocenters. The lowest BCUT2D eigenvalue weighted by Gasteiger charge is -2.03. The summed E-state index contributed by atoms with van der Waals surface area (Å²) in [6.45, 7) is 0. The van der Waals surface area contributed by atoms with Crippen molar-refractivity contribution >= 4 is 40.5 Å². The molecule has 0 saturated heterocycles. The van der Waals surface area contributed by atoms with E-state index < -0.39 is 16.5 Å². The Kier molecular flexibility index (Phi) is 3.35. The molecule has 1 amide bonds. The molecule has 1 aromatic rings. The van der Waals surface area contributed by atoms with Crippen LogP contribution in [0.2, 0.25) is 0 Å². The largest absolute Gasteiger partial charge is 0.366 e. The Morgan fingerprint density at radius 1 is 1.53 bits per heavy atom. The normalized spacial score (nSPS) is 9.67. The van der Waals surface area contributed by atoms with Crippen LogP contribution in [-0.4, -0.2) is 17.1 Å². The topological polar surface area (TPSA) is 103 Å². The van der Waals surface area contributed by atoms with E-state index >= 15 is 0 Å². The first-order chi connectivity index (χ1) is 6.99. The molecule has 1 aromatic carbocycles. The van der Waals surface area contributed by atoms with Gasteiger partial charge in [-0.25, -0.2) is 0 Å². The Labute approximate surface area is 97.7 Å². The van der Waals surface area contributed by atoms with E-state index in [2.05, 4.69) is 0 Å². The molecule has 0 unspecified atom stereocenters. The van der Waals surface area contributed by atoms with E-state index in [9.17, 15) is 19.7 Å². The van der Waals surface area contributed by atoms with Crippen LogP contribution >= 0.6 is 22.6 Å². The molecule has 1 rings (SSSR count). The summed E-state index contributed by atoms with van der Waals surface area (Å²) in [7, 11) is 0. The lowest BCUT2D eigenvalue weighted by atomic mass is 10.1. The van der Waals surface area contributed by atoms with Gasteiger partial charge in [0.05, 0.1) is 10.5 Å². The van der Waals surface area contributed by atoms with Crippen LogP contribution in [0.4, 0.5) is 5.69 Å². The zero-order chi connectivity index (χ0) is 11.6. The van der Waals surface area contributed by atoms with Crippen molar-refractivity contribution in [1.82, 2.24) is 0 Å². The van der Waals surface area contributed by atoms with Crippen LogP contribution in [0.3, 0.4) is 0 Å². The predicted octanol–water partition coefficient (Wildman–Crippen LogP) is 1.11. The van der Waals surface area contributed by atoms with Crippen LogP contribution in [0, 0.1) is 13.7 Å². The molecule has 0 fully saturated rings. The maximum atomic E-state index is 11.0. The highest BCUT2D eigenvalue weighted by Gasteiger charge is 2.22. The highest BCUT2D eigenvalue weighted by atomic mass is 127. The quantitative estimate of drug-likeness (QED) is 0.390. The fraction of sp³-hybridized carbons (Fsp3) is 0. The minimum absolute atomic E-state index is 0.111. The third kappa shape index (κ3) is 2.12. The lowest BCUT2D eigenvalue weighted by molar-refractivity contribution is -0.385. The van der Waals surface area contributed by atoms with Gasteiger partial charge in [-0.3, -0.25) is 19.7 Å². The lowest BCUT2D eigenvalue weighted by Crippen LogP contribution is -2.16. The molecule has 7 heteroatoms. The van der Waals surface area contributed by atoms with Crippen molar-refractivity contribution in [2.75, 3.05) is 0 Å². The molecule has 0 aliphatic carbocycles. The van der Waals surface area contributed by atoms with Crippen molar-refractivity contribution < 1.29 is 14.5 Å². The highest BCUT2D eigenvalue weighted by molar-refractivity contribution is 14.1. The minimum Gasteiger partial charge on any atom is -0.366 e. The third-order valence-electron chi connectivity index (χ3n) is 1.73. The number of primary amides is 1. The molecule has 2 N–H and O–H groups in total. The number of amides is 1. The van der Waals surface area contributed by atoms with Crippen molar-refractivity contribution in [2.24, 2.45) is 5.73 Å². The standard InChI is InChI=1S/C8H5IN2O4/c9-5-1-2-6(11(14)15)4(3-12)7(5)8(10)13/h1-3H,(H2,10,13). The summed E-state index contributed by atoms with van der Waals surface area (Å²) in [5, 5.41) is 10.6. The Bertz CT molecular complexity index is 458. The van der Waals surface area contributed by atoms with Gasteiger partial charge in [-0.1, -0.05) is 0 Å². The van der Waals surface area contributed by atoms with E-state index in [0.717, 1.165) is 6.07 Å². The first kappa shape index (κ1) is 11.6.